The topological polar surface area (TPSA) is 0 Å². The quantitative estimate of drug-likeness (QED) is 0.194. The molecule has 0 bridgehead atoms. The van der Waals surface area contributed by atoms with E-state index in [1.165, 1.54) is 6.92 Å². The number of hydrogen-bond acceptors (Lipinski definition) is 0. The van der Waals surface area contributed by atoms with Gasteiger partial charge in [-0.3, -0.25) is 0 Å². The molecule has 7 heteroatoms. The molecular weight excluding hydrogens is 307 g/mol. The van der Waals surface area contributed by atoms with Gasteiger partial charge in [0, 0.05) is 12.5 Å². The van der Waals surface area contributed by atoms with Gasteiger partial charge in [0.25, 0.3) is 0 Å². The van der Waals surface area contributed by atoms with Crippen molar-refractivity contribution < 1.29 is 21.1 Å². The van der Waals surface area contributed by atoms with Gasteiger partial charge in [0.1, 0.15) is 9.52 Å². The van der Waals surface area contributed by atoms with Gasteiger partial charge in [0.05, 0.1) is 0 Å². The summed E-state index contributed by atoms with van der Waals surface area (Å²) in [6, 6.07) is -0.391. The zero-order valence-corrected chi connectivity index (χ0v) is 15.0. The standard InChI is InChI=1S/C13H27F5Si2/c1-3-4-5-6-7-9-13(14,15)19-10-8-12(2)11-20(16,17)18/h12H,3-11,19H2,1-2H3. The van der Waals surface area contributed by atoms with Crippen molar-refractivity contribution in [1.29, 1.82) is 0 Å². The second-order valence-electron chi connectivity index (χ2n) is 5.84. The second-order valence-corrected chi connectivity index (χ2v) is 9.72. The predicted octanol–water partition coefficient (Wildman–Crippen LogP) is 5.40. The van der Waals surface area contributed by atoms with Gasteiger partial charge in [-0.25, -0.2) is 21.1 Å². The summed E-state index contributed by atoms with van der Waals surface area (Å²) < 4.78 is 63.9. The molecule has 0 heterocycles. The summed E-state index contributed by atoms with van der Waals surface area (Å²) >= 11 is 0. The summed E-state index contributed by atoms with van der Waals surface area (Å²) in [5.74, 6) is -0.477. The maximum absolute atomic E-state index is 13.6. The van der Waals surface area contributed by atoms with Crippen molar-refractivity contribution in [1.82, 2.24) is 0 Å². The van der Waals surface area contributed by atoms with Crippen LogP contribution in [0.15, 0.2) is 0 Å². The fourth-order valence-electron chi connectivity index (χ4n) is 2.32. The van der Waals surface area contributed by atoms with Crippen LogP contribution in [0.5, 0.6) is 0 Å². The Kier molecular flexibility index (Phi) is 9.96. The highest BCUT2D eigenvalue weighted by Gasteiger charge is 2.38. The number of halogens is 5. The van der Waals surface area contributed by atoms with Crippen molar-refractivity contribution in [2.45, 2.75) is 76.4 Å². The summed E-state index contributed by atoms with van der Waals surface area (Å²) in [6.45, 7) is 3.60. The van der Waals surface area contributed by atoms with Crippen molar-refractivity contribution >= 4 is 18.6 Å². The lowest BCUT2D eigenvalue weighted by molar-refractivity contribution is 0.0769. The third-order valence-electron chi connectivity index (χ3n) is 3.47. The van der Waals surface area contributed by atoms with E-state index < -0.39 is 36.1 Å². The number of hydrogen-bond donors (Lipinski definition) is 0. The predicted molar refractivity (Wildman–Crippen MR) is 79.3 cm³/mol. The number of alkyl halides is 2. The van der Waals surface area contributed by atoms with Crippen molar-refractivity contribution in [2.24, 2.45) is 5.92 Å². The fraction of sp³-hybridized carbons (Fsp3) is 1.00. The Hall–Kier alpha value is 0.0838. The second kappa shape index (κ2) is 9.92. The van der Waals surface area contributed by atoms with Crippen LogP contribution in [0.3, 0.4) is 0 Å². The molecule has 0 aromatic rings. The Balaban J connectivity index is 3.70. The van der Waals surface area contributed by atoms with Crippen LogP contribution in [-0.4, -0.2) is 24.1 Å². The van der Waals surface area contributed by atoms with Gasteiger partial charge in [-0.1, -0.05) is 52.0 Å². The molecule has 0 aliphatic heterocycles. The summed E-state index contributed by atoms with van der Waals surface area (Å²) in [4.78, 5) is 0. The summed E-state index contributed by atoms with van der Waals surface area (Å²) in [7, 11) is -7.10. The minimum Gasteiger partial charge on any atom is -0.238 e. The van der Waals surface area contributed by atoms with Gasteiger partial charge < -0.3 is 0 Å². The first-order valence-corrected chi connectivity index (χ1v) is 11.2. The van der Waals surface area contributed by atoms with Crippen molar-refractivity contribution in [2.75, 3.05) is 0 Å². The zero-order valence-electron chi connectivity index (χ0n) is 12.5. The number of rotatable bonds is 12. The van der Waals surface area contributed by atoms with Gasteiger partial charge >= 0.3 is 9.08 Å². The van der Waals surface area contributed by atoms with E-state index in [1.807, 2.05) is 0 Å². The van der Waals surface area contributed by atoms with E-state index >= 15 is 0 Å². The van der Waals surface area contributed by atoms with E-state index in [-0.39, 0.29) is 6.42 Å². The van der Waals surface area contributed by atoms with Crippen LogP contribution in [0.25, 0.3) is 0 Å². The molecule has 0 radical (unpaired) electrons. The van der Waals surface area contributed by atoms with E-state index in [0.29, 0.717) is 18.9 Å². The van der Waals surface area contributed by atoms with Crippen LogP contribution in [-0.2, 0) is 0 Å². The van der Waals surface area contributed by atoms with Crippen LogP contribution in [0.2, 0.25) is 12.1 Å². The fourth-order valence-corrected chi connectivity index (χ4v) is 5.23. The van der Waals surface area contributed by atoms with Crippen molar-refractivity contribution in [3.63, 3.8) is 0 Å². The van der Waals surface area contributed by atoms with E-state index in [0.717, 1.165) is 25.7 Å². The average Bonchev–Trinajstić information content (AvgIpc) is 2.25. The van der Waals surface area contributed by atoms with Gasteiger partial charge in [-0.15, -0.1) is 0 Å². The van der Waals surface area contributed by atoms with E-state index in [9.17, 15) is 21.1 Å². The molecule has 0 N–H and O–H groups in total. The average molecular weight is 335 g/mol. The van der Waals surface area contributed by atoms with Crippen LogP contribution in [0.4, 0.5) is 21.1 Å². The zero-order chi connectivity index (χ0) is 15.6. The third kappa shape index (κ3) is 13.1. The van der Waals surface area contributed by atoms with Crippen LogP contribution in [0, 0.1) is 5.92 Å². The summed E-state index contributed by atoms with van der Waals surface area (Å²) in [5, 5.41) is 0. The lowest BCUT2D eigenvalue weighted by Gasteiger charge is -2.17. The monoisotopic (exact) mass is 334 g/mol. The van der Waals surface area contributed by atoms with Crippen molar-refractivity contribution in [3.8, 4) is 0 Å². The molecular formula is C13H27F5Si2. The molecule has 0 amide bonds. The molecule has 0 saturated heterocycles. The van der Waals surface area contributed by atoms with E-state index in [4.69, 9.17) is 0 Å². The molecule has 0 saturated carbocycles. The molecule has 0 aromatic heterocycles. The highest BCUT2D eigenvalue weighted by atomic mass is 28.5. The lowest BCUT2D eigenvalue weighted by atomic mass is 10.1. The minimum atomic E-state index is -5.52. The van der Waals surface area contributed by atoms with Gasteiger partial charge in [0.15, 0.2) is 0 Å². The third-order valence-corrected chi connectivity index (χ3v) is 6.47. The molecule has 122 valence electrons. The Morgan fingerprint density at radius 3 is 2.20 bits per heavy atom. The molecule has 1 unspecified atom stereocenters. The smallest absolute Gasteiger partial charge is 0.238 e. The Labute approximate surface area is 122 Å². The molecule has 0 nitrogen and oxygen atoms in total. The largest absolute Gasteiger partial charge is 0.616 e. The SMILES string of the molecule is CCCCCCCC(F)(F)[SiH2]CCC(C)C[Si](F)(F)F. The van der Waals surface area contributed by atoms with Crippen LogP contribution < -0.4 is 0 Å². The van der Waals surface area contributed by atoms with Gasteiger partial charge in [-0.05, 0) is 12.3 Å². The first kappa shape index (κ1) is 20.1. The maximum Gasteiger partial charge on any atom is 0.616 e. The molecule has 0 aromatic carbocycles. The minimum absolute atomic E-state index is 0.0641. The molecule has 0 spiro atoms. The van der Waals surface area contributed by atoms with E-state index in [2.05, 4.69) is 6.92 Å². The van der Waals surface area contributed by atoms with Crippen LogP contribution in [0.1, 0.15) is 58.8 Å². The number of unbranched alkanes of at least 4 members (excludes halogenated alkanes) is 4. The van der Waals surface area contributed by atoms with Gasteiger partial charge in [0.2, 0.25) is 5.55 Å². The summed E-state index contributed by atoms with van der Waals surface area (Å²) in [6.07, 6.45) is 4.81. The molecule has 0 aliphatic rings. The molecule has 0 rings (SSSR count). The highest BCUT2D eigenvalue weighted by molar-refractivity contribution is 6.58. The van der Waals surface area contributed by atoms with E-state index in [1.54, 1.807) is 0 Å². The first-order valence-electron chi connectivity index (χ1n) is 7.61. The normalized spacial score (nSPS) is 15.2. The maximum atomic E-state index is 13.6. The Bertz CT molecular complexity index is 243. The molecule has 0 aliphatic carbocycles. The van der Waals surface area contributed by atoms with Crippen LogP contribution >= 0.6 is 0 Å². The first-order chi connectivity index (χ1) is 9.16. The summed E-state index contributed by atoms with van der Waals surface area (Å²) in [5.41, 5.74) is -2.57. The Morgan fingerprint density at radius 1 is 1.05 bits per heavy atom. The lowest BCUT2D eigenvalue weighted by Crippen LogP contribution is -2.26. The van der Waals surface area contributed by atoms with Gasteiger partial charge in [-0.2, -0.15) is 0 Å². The molecule has 0 fully saturated rings. The highest BCUT2D eigenvalue weighted by Crippen LogP contribution is 2.27. The molecule has 20 heavy (non-hydrogen) atoms. The Morgan fingerprint density at radius 2 is 1.65 bits per heavy atom. The molecule has 1 atom stereocenters. The van der Waals surface area contributed by atoms with Crippen molar-refractivity contribution in [3.05, 3.63) is 0 Å².